The molecule has 0 radical (unpaired) electrons. The van der Waals surface area contributed by atoms with Crippen molar-refractivity contribution in [3.05, 3.63) is 23.9 Å². The first-order chi connectivity index (χ1) is 7.38. The third-order valence-electron chi connectivity index (χ3n) is 3.37. The molecular formula is C13H22N2O. The average Bonchev–Trinajstić information content (AvgIpc) is 2.28. The fraction of sp³-hybridized carbons (Fsp3) is 0.615. The van der Waals surface area contributed by atoms with E-state index in [9.17, 15) is 5.11 Å². The molecule has 0 aliphatic heterocycles. The van der Waals surface area contributed by atoms with Crippen LogP contribution in [0.2, 0.25) is 0 Å². The first-order valence-corrected chi connectivity index (χ1v) is 5.76. The Morgan fingerprint density at radius 3 is 2.62 bits per heavy atom. The van der Waals surface area contributed by atoms with Crippen LogP contribution < -0.4 is 4.90 Å². The van der Waals surface area contributed by atoms with Crippen molar-refractivity contribution in [3.8, 4) is 0 Å². The molecule has 0 saturated carbocycles. The monoisotopic (exact) mass is 222 g/mol. The van der Waals surface area contributed by atoms with Crippen LogP contribution in [0.5, 0.6) is 0 Å². The van der Waals surface area contributed by atoms with Gasteiger partial charge in [0.2, 0.25) is 0 Å². The molecule has 0 amide bonds. The first-order valence-electron chi connectivity index (χ1n) is 5.76. The van der Waals surface area contributed by atoms with Gasteiger partial charge in [0.25, 0.3) is 0 Å². The van der Waals surface area contributed by atoms with Gasteiger partial charge in [-0.15, -0.1) is 0 Å². The van der Waals surface area contributed by atoms with E-state index in [2.05, 4.69) is 30.7 Å². The van der Waals surface area contributed by atoms with Crippen molar-refractivity contribution in [2.45, 2.75) is 45.8 Å². The molecule has 1 unspecified atom stereocenters. The molecule has 16 heavy (non-hydrogen) atoms. The highest BCUT2D eigenvalue weighted by Crippen LogP contribution is 2.24. The molecule has 3 nitrogen and oxygen atoms in total. The molecule has 1 atom stereocenters. The normalized spacial score (nSPS) is 13.6. The molecule has 90 valence electrons. The lowest BCUT2D eigenvalue weighted by Gasteiger charge is -2.36. The van der Waals surface area contributed by atoms with E-state index >= 15 is 0 Å². The van der Waals surface area contributed by atoms with Gasteiger partial charge in [-0.05, 0) is 44.9 Å². The van der Waals surface area contributed by atoms with Crippen LogP contribution in [-0.2, 0) is 0 Å². The Bertz CT molecular complexity index is 348. The summed E-state index contributed by atoms with van der Waals surface area (Å²) in [6, 6.07) is 3.79. The maximum absolute atomic E-state index is 9.54. The van der Waals surface area contributed by atoms with Crippen LogP contribution >= 0.6 is 0 Å². The molecule has 0 fully saturated rings. The van der Waals surface area contributed by atoms with E-state index in [-0.39, 0.29) is 5.54 Å². The highest BCUT2D eigenvalue weighted by atomic mass is 16.3. The molecule has 1 heterocycles. The van der Waals surface area contributed by atoms with E-state index in [1.54, 1.807) is 13.1 Å². The zero-order valence-corrected chi connectivity index (χ0v) is 10.9. The lowest BCUT2D eigenvalue weighted by Crippen LogP contribution is -2.41. The predicted octanol–water partition coefficient (Wildman–Crippen LogP) is 2.76. The number of aliphatic hydroxyl groups excluding tert-OH is 1. The summed E-state index contributed by atoms with van der Waals surface area (Å²) in [7, 11) is 2.04. The van der Waals surface area contributed by atoms with Gasteiger partial charge in [-0.1, -0.05) is 6.92 Å². The van der Waals surface area contributed by atoms with Crippen molar-refractivity contribution in [1.29, 1.82) is 0 Å². The van der Waals surface area contributed by atoms with E-state index in [4.69, 9.17) is 0 Å². The van der Waals surface area contributed by atoms with Crippen LogP contribution in [0.3, 0.4) is 0 Å². The van der Waals surface area contributed by atoms with E-state index in [0.717, 1.165) is 17.8 Å². The number of aliphatic hydroxyl groups is 1. The van der Waals surface area contributed by atoms with Gasteiger partial charge < -0.3 is 10.0 Å². The SMILES string of the molecule is CCC(C)(C)N(C)c1cc(C(C)O)ccn1. The number of anilines is 1. The maximum atomic E-state index is 9.54. The summed E-state index contributed by atoms with van der Waals surface area (Å²) in [5.41, 5.74) is 0.980. The predicted molar refractivity (Wildman–Crippen MR) is 67.6 cm³/mol. The van der Waals surface area contributed by atoms with Crippen LogP contribution in [0.25, 0.3) is 0 Å². The number of rotatable bonds is 4. The number of nitrogens with zero attached hydrogens (tertiary/aromatic N) is 2. The number of hydrogen-bond acceptors (Lipinski definition) is 3. The Labute approximate surface area is 98.1 Å². The van der Waals surface area contributed by atoms with Gasteiger partial charge in [0.05, 0.1) is 6.10 Å². The molecule has 0 saturated heterocycles. The Kier molecular flexibility index (Phi) is 3.92. The summed E-state index contributed by atoms with van der Waals surface area (Å²) in [4.78, 5) is 6.50. The van der Waals surface area contributed by atoms with Gasteiger partial charge in [0.15, 0.2) is 0 Å². The van der Waals surface area contributed by atoms with Crippen LogP contribution in [-0.4, -0.2) is 22.7 Å². The largest absolute Gasteiger partial charge is 0.389 e. The average molecular weight is 222 g/mol. The van der Waals surface area contributed by atoms with Gasteiger partial charge in [-0.2, -0.15) is 0 Å². The smallest absolute Gasteiger partial charge is 0.129 e. The van der Waals surface area contributed by atoms with E-state index in [1.165, 1.54) is 0 Å². The number of aromatic nitrogens is 1. The summed E-state index contributed by atoms with van der Waals surface area (Å²) in [5.74, 6) is 0.908. The van der Waals surface area contributed by atoms with E-state index < -0.39 is 6.10 Å². The number of hydrogen-bond donors (Lipinski definition) is 1. The highest BCUT2D eigenvalue weighted by molar-refractivity contribution is 5.43. The topological polar surface area (TPSA) is 36.4 Å². The molecule has 1 aromatic heterocycles. The number of pyridine rings is 1. The van der Waals surface area contributed by atoms with Crippen LogP contribution in [0.4, 0.5) is 5.82 Å². The van der Waals surface area contributed by atoms with Crippen molar-refractivity contribution >= 4 is 5.82 Å². The van der Waals surface area contributed by atoms with E-state index in [0.29, 0.717) is 0 Å². The van der Waals surface area contributed by atoms with Crippen molar-refractivity contribution in [1.82, 2.24) is 4.98 Å². The highest BCUT2D eigenvalue weighted by Gasteiger charge is 2.22. The molecule has 0 spiro atoms. The molecule has 0 aliphatic rings. The Morgan fingerprint density at radius 2 is 2.12 bits per heavy atom. The van der Waals surface area contributed by atoms with Gasteiger partial charge in [0.1, 0.15) is 5.82 Å². The summed E-state index contributed by atoms with van der Waals surface area (Å²) in [5, 5.41) is 9.54. The minimum Gasteiger partial charge on any atom is -0.389 e. The summed E-state index contributed by atoms with van der Waals surface area (Å²) < 4.78 is 0. The Balaban J connectivity index is 3.00. The van der Waals surface area contributed by atoms with Gasteiger partial charge >= 0.3 is 0 Å². The molecular weight excluding hydrogens is 200 g/mol. The fourth-order valence-electron chi connectivity index (χ4n) is 1.42. The molecule has 1 rings (SSSR count). The quantitative estimate of drug-likeness (QED) is 0.851. The van der Waals surface area contributed by atoms with Crippen molar-refractivity contribution < 1.29 is 5.11 Å². The molecule has 1 N–H and O–H groups in total. The zero-order chi connectivity index (χ0) is 12.3. The summed E-state index contributed by atoms with van der Waals surface area (Å²) >= 11 is 0. The molecule has 0 aliphatic carbocycles. The molecule has 3 heteroatoms. The third-order valence-corrected chi connectivity index (χ3v) is 3.37. The minimum atomic E-state index is -0.445. The summed E-state index contributed by atoms with van der Waals surface area (Å²) in [6.07, 6.45) is 2.35. The van der Waals surface area contributed by atoms with Gasteiger partial charge in [-0.25, -0.2) is 4.98 Å². The van der Waals surface area contributed by atoms with Crippen molar-refractivity contribution in [3.63, 3.8) is 0 Å². The second kappa shape index (κ2) is 4.83. The van der Waals surface area contributed by atoms with Crippen LogP contribution in [0, 0.1) is 0 Å². The Hall–Kier alpha value is -1.09. The minimum absolute atomic E-state index is 0.0737. The molecule has 0 aromatic carbocycles. The second-order valence-corrected chi connectivity index (χ2v) is 4.85. The molecule has 0 bridgehead atoms. The summed E-state index contributed by atoms with van der Waals surface area (Å²) in [6.45, 7) is 8.30. The van der Waals surface area contributed by atoms with E-state index in [1.807, 2.05) is 19.2 Å². The van der Waals surface area contributed by atoms with Crippen molar-refractivity contribution in [2.24, 2.45) is 0 Å². The first kappa shape index (κ1) is 13.0. The second-order valence-electron chi connectivity index (χ2n) is 4.85. The van der Waals surface area contributed by atoms with Crippen LogP contribution in [0.15, 0.2) is 18.3 Å². The van der Waals surface area contributed by atoms with Crippen molar-refractivity contribution in [2.75, 3.05) is 11.9 Å². The molecule has 1 aromatic rings. The van der Waals surface area contributed by atoms with Crippen LogP contribution in [0.1, 0.15) is 45.8 Å². The zero-order valence-electron chi connectivity index (χ0n) is 10.9. The Morgan fingerprint density at radius 1 is 1.50 bits per heavy atom. The fourth-order valence-corrected chi connectivity index (χ4v) is 1.42. The maximum Gasteiger partial charge on any atom is 0.129 e. The lowest BCUT2D eigenvalue weighted by molar-refractivity contribution is 0.199. The lowest BCUT2D eigenvalue weighted by atomic mass is 10.00. The standard InChI is InChI=1S/C13H22N2O/c1-6-13(3,4)15(5)12-9-11(10(2)16)7-8-14-12/h7-10,16H,6H2,1-5H3. The van der Waals surface area contributed by atoms with Gasteiger partial charge in [0, 0.05) is 18.8 Å². The van der Waals surface area contributed by atoms with Gasteiger partial charge in [-0.3, -0.25) is 0 Å². The third kappa shape index (κ3) is 2.73.